The standard InChI is InChI=1S/C18H17FN2O4S/c1-25-18(24)21-16(23)14-12-4-2-3-5-13(12)26-17(14)20-15(22)10-6-8-11(19)9-7-10/h6-9H,2-5H2,1H3,(H,20,22)(H,21,23,24). The van der Waals surface area contributed by atoms with Crippen molar-refractivity contribution < 1.29 is 23.5 Å². The molecule has 26 heavy (non-hydrogen) atoms. The number of methoxy groups -OCH3 is 1. The normalized spacial score (nSPS) is 12.8. The van der Waals surface area contributed by atoms with E-state index in [2.05, 4.69) is 15.4 Å². The van der Waals surface area contributed by atoms with Crippen LogP contribution in [-0.2, 0) is 17.6 Å². The van der Waals surface area contributed by atoms with Gasteiger partial charge in [-0.2, -0.15) is 0 Å². The molecule has 0 fully saturated rings. The zero-order chi connectivity index (χ0) is 18.7. The monoisotopic (exact) mass is 376 g/mol. The van der Waals surface area contributed by atoms with Crippen LogP contribution in [0.4, 0.5) is 14.2 Å². The highest BCUT2D eigenvalue weighted by Crippen LogP contribution is 2.38. The summed E-state index contributed by atoms with van der Waals surface area (Å²) in [5.41, 5.74) is 1.43. The first-order valence-corrected chi connectivity index (χ1v) is 8.92. The third-order valence-corrected chi connectivity index (χ3v) is 5.34. The van der Waals surface area contributed by atoms with Crippen molar-refractivity contribution in [3.05, 3.63) is 51.7 Å². The van der Waals surface area contributed by atoms with E-state index < -0.39 is 23.7 Å². The smallest absolute Gasteiger partial charge is 0.413 e. The first-order valence-electron chi connectivity index (χ1n) is 8.10. The molecule has 1 aromatic carbocycles. The lowest BCUT2D eigenvalue weighted by Crippen LogP contribution is -2.31. The van der Waals surface area contributed by atoms with Crippen molar-refractivity contribution in [3.8, 4) is 0 Å². The summed E-state index contributed by atoms with van der Waals surface area (Å²) in [6.45, 7) is 0. The summed E-state index contributed by atoms with van der Waals surface area (Å²) >= 11 is 1.33. The van der Waals surface area contributed by atoms with E-state index in [0.717, 1.165) is 29.7 Å². The summed E-state index contributed by atoms with van der Waals surface area (Å²) < 4.78 is 17.5. The number of imide groups is 1. The number of hydrogen-bond donors (Lipinski definition) is 2. The number of ether oxygens (including phenoxy) is 1. The Morgan fingerprint density at radius 2 is 1.77 bits per heavy atom. The third kappa shape index (κ3) is 3.75. The van der Waals surface area contributed by atoms with E-state index in [9.17, 15) is 18.8 Å². The maximum Gasteiger partial charge on any atom is 0.413 e. The van der Waals surface area contributed by atoms with Gasteiger partial charge in [0.15, 0.2) is 0 Å². The second-order valence-corrected chi connectivity index (χ2v) is 6.93. The van der Waals surface area contributed by atoms with Gasteiger partial charge in [0.05, 0.1) is 12.7 Å². The molecule has 3 amide bonds. The van der Waals surface area contributed by atoms with Gasteiger partial charge in [0.1, 0.15) is 10.8 Å². The largest absolute Gasteiger partial charge is 0.453 e. The Balaban J connectivity index is 1.91. The van der Waals surface area contributed by atoms with Gasteiger partial charge >= 0.3 is 6.09 Å². The Bertz CT molecular complexity index is 861. The van der Waals surface area contributed by atoms with Crippen molar-refractivity contribution in [2.45, 2.75) is 25.7 Å². The van der Waals surface area contributed by atoms with Crippen LogP contribution in [0.15, 0.2) is 24.3 Å². The first kappa shape index (κ1) is 18.1. The number of anilines is 1. The molecule has 0 unspecified atom stereocenters. The molecule has 6 nitrogen and oxygen atoms in total. The topological polar surface area (TPSA) is 84.5 Å². The molecule has 0 aliphatic heterocycles. The lowest BCUT2D eigenvalue weighted by molar-refractivity contribution is 0.0937. The molecule has 0 saturated carbocycles. The molecule has 1 aromatic heterocycles. The summed E-state index contributed by atoms with van der Waals surface area (Å²) in [4.78, 5) is 37.4. The van der Waals surface area contributed by atoms with E-state index in [-0.39, 0.29) is 5.56 Å². The van der Waals surface area contributed by atoms with Gasteiger partial charge in [0.25, 0.3) is 11.8 Å². The zero-order valence-corrected chi connectivity index (χ0v) is 14.9. The Morgan fingerprint density at radius 3 is 2.46 bits per heavy atom. The predicted octanol–water partition coefficient (Wildman–Crippen LogP) is 3.51. The highest BCUT2D eigenvalue weighted by molar-refractivity contribution is 7.17. The maximum atomic E-state index is 13.0. The fraction of sp³-hybridized carbons (Fsp3) is 0.278. The number of rotatable bonds is 3. The molecule has 1 heterocycles. The van der Waals surface area contributed by atoms with Crippen LogP contribution in [0.1, 0.15) is 44.0 Å². The summed E-state index contributed by atoms with van der Waals surface area (Å²) in [5.74, 6) is -1.49. The van der Waals surface area contributed by atoms with E-state index in [1.807, 2.05) is 0 Å². The second-order valence-electron chi connectivity index (χ2n) is 5.82. The van der Waals surface area contributed by atoms with E-state index in [1.165, 1.54) is 42.7 Å². The van der Waals surface area contributed by atoms with Crippen LogP contribution in [0.25, 0.3) is 0 Å². The van der Waals surface area contributed by atoms with E-state index in [0.29, 0.717) is 17.0 Å². The number of carbonyl (C=O) groups excluding carboxylic acids is 3. The fourth-order valence-corrected chi connectivity index (χ4v) is 4.16. The van der Waals surface area contributed by atoms with Crippen LogP contribution >= 0.6 is 11.3 Å². The summed E-state index contributed by atoms with van der Waals surface area (Å²) in [5, 5.41) is 5.25. The minimum atomic E-state index is -0.860. The van der Waals surface area contributed by atoms with Crippen LogP contribution in [0, 0.1) is 5.82 Å². The van der Waals surface area contributed by atoms with E-state index >= 15 is 0 Å². The third-order valence-electron chi connectivity index (χ3n) is 4.13. The number of fused-ring (bicyclic) bond motifs is 1. The Labute approximate surface area is 153 Å². The maximum absolute atomic E-state index is 13.0. The van der Waals surface area contributed by atoms with Crippen molar-refractivity contribution in [2.24, 2.45) is 0 Å². The van der Waals surface area contributed by atoms with E-state index in [1.54, 1.807) is 0 Å². The molecule has 8 heteroatoms. The quantitative estimate of drug-likeness (QED) is 0.858. The molecule has 2 N–H and O–H groups in total. The van der Waals surface area contributed by atoms with Gasteiger partial charge in [-0.15, -0.1) is 11.3 Å². The Kier molecular flexibility index (Phi) is 5.32. The Hall–Kier alpha value is -2.74. The fourth-order valence-electron chi connectivity index (χ4n) is 2.88. The molecule has 136 valence electrons. The number of halogens is 1. The highest BCUT2D eigenvalue weighted by Gasteiger charge is 2.27. The molecule has 0 radical (unpaired) electrons. The Morgan fingerprint density at radius 1 is 1.08 bits per heavy atom. The molecule has 0 spiro atoms. The average molecular weight is 376 g/mol. The lowest BCUT2D eigenvalue weighted by Gasteiger charge is -2.12. The van der Waals surface area contributed by atoms with Gasteiger partial charge in [-0.05, 0) is 55.5 Å². The minimum Gasteiger partial charge on any atom is -0.453 e. The van der Waals surface area contributed by atoms with Crippen LogP contribution in [-0.4, -0.2) is 25.0 Å². The molecule has 0 atom stereocenters. The van der Waals surface area contributed by atoms with Crippen LogP contribution in [0.5, 0.6) is 0 Å². The number of benzene rings is 1. The highest BCUT2D eigenvalue weighted by atomic mass is 32.1. The van der Waals surface area contributed by atoms with Crippen LogP contribution in [0.2, 0.25) is 0 Å². The molecule has 0 bridgehead atoms. The predicted molar refractivity (Wildman–Crippen MR) is 95.2 cm³/mol. The molecule has 1 aliphatic rings. The number of hydrogen-bond acceptors (Lipinski definition) is 5. The summed E-state index contributed by atoms with van der Waals surface area (Å²) in [6, 6.07) is 5.12. The molecule has 0 saturated heterocycles. The van der Waals surface area contributed by atoms with Crippen molar-refractivity contribution in [3.63, 3.8) is 0 Å². The van der Waals surface area contributed by atoms with Crippen LogP contribution in [0.3, 0.4) is 0 Å². The number of alkyl carbamates (subject to hydrolysis) is 1. The molecule has 2 aromatic rings. The molecule has 1 aliphatic carbocycles. The minimum absolute atomic E-state index is 0.275. The number of thiophene rings is 1. The zero-order valence-electron chi connectivity index (χ0n) is 14.1. The summed E-state index contributed by atoms with van der Waals surface area (Å²) in [7, 11) is 1.17. The lowest BCUT2D eigenvalue weighted by atomic mass is 9.95. The van der Waals surface area contributed by atoms with E-state index in [4.69, 9.17) is 0 Å². The van der Waals surface area contributed by atoms with Crippen molar-refractivity contribution in [1.29, 1.82) is 0 Å². The van der Waals surface area contributed by atoms with Crippen molar-refractivity contribution in [1.82, 2.24) is 5.32 Å². The van der Waals surface area contributed by atoms with Gasteiger partial charge in [0, 0.05) is 10.4 Å². The SMILES string of the molecule is COC(=O)NC(=O)c1c(NC(=O)c2ccc(F)cc2)sc2c1CCCC2. The van der Waals surface area contributed by atoms with Gasteiger partial charge in [-0.25, -0.2) is 9.18 Å². The number of carbonyl (C=O) groups is 3. The van der Waals surface area contributed by atoms with Crippen molar-refractivity contribution >= 4 is 34.2 Å². The van der Waals surface area contributed by atoms with Gasteiger partial charge in [-0.1, -0.05) is 0 Å². The number of amides is 3. The second kappa shape index (κ2) is 7.65. The molecular weight excluding hydrogens is 359 g/mol. The molecular formula is C18H17FN2O4S. The number of aryl methyl sites for hydroxylation is 1. The average Bonchev–Trinajstić information content (AvgIpc) is 2.99. The number of nitrogens with one attached hydrogen (secondary N) is 2. The van der Waals surface area contributed by atoms with Crippen LogP contribution < -0.4 is 10.6 Å². The summed E-state index contributed by atoms with van der Waals surface area (Å²) in [6.07, 6.45) is 2.62. The van der Waals surface area contributed by atoms with Gasteiger partial charge in [-0.3, -0.25) is 14.9 Å². The molecule has 3 rings (SSSR count). The van der Waals surface area contributed by atoms with Gasteiger partial charge < -0.3 is 10.1 Å². The van der Waals surface area contributed by atoms with Crippen molar-refractivity contribution in [2.75, 3.05) is 12.4 Å². The first-order chi connectivity index (χ1) is 12.5. The van der Waals surface area contributed by atoms with Gasteiger partial charge in [0.2, 0.25) is 0 Å².